The molecule has 2 heterocycles. The molecule has 0 aliphatic carbocycles. The van der Waals surface area contributed by atoms with Crippen molar-refractivity contribution in [3.05, 3.63) is 18.6 Å². The van der Waals surface area contributed by atoms with Gasteiger partial charge < -0.3 is 4.74 Å². The highest BCUT2D eigenvalue weighted by atomic mass is 32.2. The molecule has 8 heteroatoms. The third-order valence-electron chi connectivity index (χ3n) is 2.96. The van der Waals surface area contributed by atoms with Gasteiger partial charge in [0.1, 0.15) is 6.10 Å². The van der Waals surface area contributed by atoms with Crippen molar-refractivity contribution < 1.29 is 13.2 Å². The van der Waals surface area contributed by atoms with E-state index < -0.39 is 10.2 Å². The molecule has 1 saturated heterocycles. The Morgan fingerprint density at radius 3 is 2.84 bits per heavy atom. The van der Waals surface area contributed by atoms with Gasteiger partial charge in [-0.1, -0.05) is 0 Å². The van der Waals surface area contributed by atoms with Gasteiger partial charge in [0, 0.05) is 33.0 Å². The maximum absolute atomic E-state index is 12.1. The van der Waals surface area contributed by atoms with Crippen molar-refractivity contribution in [1.29, 1.82) is 0 Å². The molecule has 1 aliphatic rings. The molecule has 0 radical (unpaired) electrons. The van der Waals surface area contributed by atoms with Crippen molar-refractivity contribution in [2.45, 2.75) is 18.9 Å². The van der Waals surface area contributed by atoms with Gasteiger partial charge >= 0.3 is 0 Å². The highest BCUT2D eigenvalue weighted by molar-refractivity contribution is 7.86. The molecule has 1 aromatic rings. The molecule has 0 spiro atoms. The number of aromatic nitrogens is 2. The summed E-state index contributed by atoms with van der Waals surface area (Å²) in [5.74, 6) is 0.427. The number of hydrogen-bond acceptors (Lipinski definition) is 5. The highest BCUT2D eigenvalue weighted by Crippen LogP contribution is 2.19. The molecule has 0 N–H and O–H groups in total. The Balaban J connectivity index is 2.02. The van der Waals surface area contributed by atoms with Crippen molar-refractivity contribution in [3.8, 4) is 5.88 Å². The lowest BCUT2D eigenvalue weighted by Gasteiger charge is -2.33. The van der Waals surface area contributed by atoms with E-state index in [1.165, 1.54) is 28.9 Å². The number of rotatable bonds is 4. The standard InChI is InChI=1S/C11H18N4O3S/c1-14(2)19(16,17)15-7-3-4-10(9-15)18-11-8-12-5-6-13-11/h5-6,8,10H,3-4,7,9H2,1-2H3. The fourth-order valence-electron chi connectivity index (χ4n) is 1.96. The molecule has 1 aromatic heterocycles. The van der Waals surface area contributed by atoms with Crippen molar-refractivity contribution in [1.82, 2.24) is 18.6 Å². The Kier molecular flexibility index (Phi) is 4.33. The molecule has 0 aromatic carbocycles. The van der Waals surface area contributed by atoms with Crippen LogP contribution < -0.4 is 4.74 Å². The lowest BCUT2D eigenvalue weighted by atomic mass is 10.1. The minimum Gasteiger partial charge on any atom is -0.472 e. The maximum Gasteiger partial charge on any atom is 0.281 e. The first-order valence-electron chi connectivity index (χ1n) is 6.10. The summed E-state index contributed by atoms with van der Waals surface area (Å²) < 4.78 is 32.4. The van der Waals surface area contributed by atoms with E-state index >= 15 is 0 Å². The van der Waals surface area contributed by atoms with E-state index in [0.717, 1.165) is 12.8 Å². The predicted octanol–water partition coefficient (Wildman–Crippen LogP) is 0.126. The van der Waals surface area contributed by atoms with Gasteiger partial charge in [-0.15, -0.1) is 0 Å². The molecule has 7 nitrogen and oxygen atoms in total. The molecular weight excluding hydrogens is 268 g/mol. The molecule has 1 atom stereocenters. The van der Waals surface area contributed by atoms with Crippen LogP contribution in [0.15, 0.2) is 18.6 Å². The number of hydrogen-bond donors (Lipinski definition) is 0. The monoisotopic (exact) mass is 286 g/mol. The first-order chi connectivity index (χ1) is 9.00. The summed E-state index contributed by atoms with van der Waals surface area (Å²) in [5.41, 5.74) is 0. The number of piperidine rings is 1. The molecule has 0 bridgehead atoms. The molecule has 1 aliphatic heterocycles. The van der Waals surface area contributed by atoms with Gasteiger partial charge in [0.25, 0.3) is 10.2 Å². The van der Waals surface area contributed by atoms with Crippen LogP contribution in [-0.2, 0) is 10.2 Å². The van der Waals surface area contributed by atoms with Crippen molar-refractivity contribution in [3.63, 3.8) is 0 Å². The number of ether oxygens (including phenoxy) is 1. The van der Waals surface area contributed by atoms with Crippen LogP contribution in [0.3, 0.4) is 0 Å². The van der Waals surface area contributed by atoms with E-state index in [2.05, 4.69) is 9.97 Å². The van der Waals surface area contributed by atoms with Crippen molar-refractivity contribution in [2.24, 2.45) is 0 Å². The second-order valence-corrected chi connectivity index (χ2v) is 6.72. The van der Waals surface area contributed by atoms with Crippen LogP contribution in [0.1, 0.15) is 12.8 Å². The Morgan fingerprint density at radius 2 is 2.21 bits per heavy atom. The third kappa shape index (κ3) is 3.40. The summed E-state index contributed by atoms with van der Waals surface area (Å²) in [6, 6.07) is 0. The highest BCUT2D eigenvalue weighted by Gasteiger charge is 2.31. The van der Waals surface area contributed by atoms with Crippen LogP contribution in [0, 0.1) is 0 Å². The van der Waals surface area contributed by atoms with E-state index in [1.807, 2.05) is 0 Å². The van der Waals surface area contributed by atoms with Crippen LogP contribution >= 0.6 is 0 Å². The van der Waals surface area contributed by atoms with Gasteiger partial charge in [0.05, 0.1) is 12.7 Å². The molecule has 19 heavy (non-hydrogen) atoms. The Morgan fingerprint density at radius 1 is 1.42 bits per heavy atom. The van der Waals surface area contributed by atoms with Crippen LogP contribution in [-0.4, -0.2) is 60.3 Å². The molecule has 1 unspecified atom stereocenters. The fourth-order valence-corrected chi connectivity index (χ4v) is 3.14. The second kappa shape index (κ2) is 5.81. The maximum atomic E-state index is 12.1. The summed E-state index contributed by atoms with van der Waals surface area (Å²) in [7, 11) is -0.314. The largest absolute Gasteiger partial charge is 0.472 e. The average Bonchev–Trinajstić information content (AvgIpc) is 2.40. The molecule has 0 saturated carbocycles. The summed E-state index contributed by atoms with van der Waals surface area (Å²) in [6.45, 7) is 0.873. The van der Waals surface area contributed by atoms with Crippen LogP contribution in [0.4, 0.5) is 0 Å². The smallest absolute Gasteiger partial charge is 0.281 e. The number of nitrogens with zero attached hydrogens (tertiary/aromatic N) is 4. The van der Waals surface area contributed by atoms with Crippen molar-refractivity contribution >= 4 is 10.2 Å². The zero-order valence-corrected chi connectivity index (χ0v) is 11.9. The Hall–Kier alpha value is -1.25. The SMILES string of the molecule is CN(C)S(=O)(=O)N1CCCC(Oc2cnccn2)C1. The third-order valence-corrected chi connectivity index (χ3v) is 4.86. The molecule has 1 fully saturated rings. The lowest BCUT2D eigenvalue weighted by Crippen LogP contribution is -2.48. The Bertz CT molecular complexity index is 506. The zero-order chi connectivity index (χ0) is 13.9. The van der Waals surface area contributed by atoms with E-state index in [-0.39, 0.29) is 6.10 Å². The first-order valence-corrected chi connectivity index (χ1v) is 7.50. The fraction of sp³-hybridized carbons (Fsp3) is 0.636. The normalized spacial score (nSPS) is 21.5. The molecule has 0 amide bonds. The van der Waals surface area contributed by atoms with Crippen molar-refractivity contribution in [2.75, 3.05) is 27.2 Å². The van der Waals surface area contributed by atoms with Gasteiger partial charge in [-0.25, -0.2) is 4.98 Å². The lowest BCUT2D eigenvalue weighted by molar-refractivity contribution is 0.121. The minimum absolute atomic E-state index is 0.180. The quantitative estimate of drug-likeness (QED) is 0.786. The van der Waals surface area contributed by atoms with Crippen LogP contribution in [0.5, 0.6) is 5.88 Å². The van der Waals surface area contributed by atoms with Gasteiger partial charge in [0.15, 0.2) is 0 Å². The summed E-state index contributed by atoms with van der Waals surface area (Å²) >= 11 is 0. The summed E-state index contributed by atoms with van der Waals surface area (Å²) in [6.07, 6.45) is 6.05. The predicted molar refractivity (Wildman–Crippen MR) is 69.9 cm³/mol. The molecule has 2 rings (SSSR count). The van der Waals surface area contributed by atoms with E-state index in [9.17, 15) is 8.42 Å². The first kappa shape index (κ1) is 14.2. The van der Waals surface area contributed by atoms with Gasteiger partial charge in [-0.2, -0.15) is 17.0 Å². The average molecular weight is 286 g/mol. The van der Waals surface area contributed by atoms with Crippen LogP contribution in [0.25, 0.3) is 0 Å². The van der Waals surface area contributed by atoms with Gasteiger partial charge in [-0.3, -0.25) is 4.98 Å². The molecular formula is C11H18N4O3S. The van der Waals surface area contributed by atoms with Crippen LogP contribution in [0.2, 0.25) is 0 Å². The van der Waals surface area contributed by atoms with Gasteiger partial charge in [0.2, 0.25) is 5.88 Å². The summed E-state index contributed by atoms with van der Waals surface area (Å²) in [4.78, 5) is 7.95. The topological polar surface area (TPSA) is 75.6 Å². The van der Waals surface area contributed by atoms with Gasteiger partial charge in [-0.05, 0) is 12.8 Å². The minimum atomic E-state index is -3.37. The summed E-state index contributed by atoms with van der Waals surface area (Å²) in [5, 5.41) is 0. The van der Waals surface area contributed by atoms with E-state index in [4.69, 9.17) is 4.74 Å². The Labute approximate surface area is 113 Å². The second-order valence-electron chi connectivity index (χ2n) is 4.57. The van der Waals surface area contributed by atoms with E-state index in [0.29, 0.717) is 19.0 Å². The molecule has 106 valence electrons. The zero-order valence-electron chi connectivity index (χ0n) is 11.1. The van der Waals surface area contributed by atoms with E-state index in [1.54, 1.807) is 12.4 Å².